The van der Waals surface area contributed by atoms with Gasteiger partial charge in [0, 0.05) is 17.5 Å². The molecule has 0 aromatic heterocycles. The quantitative estimate of drug-likeness (QED) is 0.787. The van der Waals surface area contributed by atoms with Crippen molar-refractivity contribution >= 4 is 15.4 Å². The zero-order valence-corrected chi connectivity index (χ0v) is 12.1. The van der Waals surface area contributed by atoms with Gasteiger partial charge in [-0.1, -0.05) is 12.8 Å². The predicted molar refractivity (Wildman–Crippen MR) is 76.5 cm³/mol. The number of hydrogen-bond donors (Lipinski definition) is 0. The van der Waals surface area contributed by atoms with Crippen LogP contribution in [0, 0.1) is 5.82 Å². The van der Waals surface area contributed by atoms with Crippen molar-refractivity contribution in [3.05, 3.63) is 35.0 Å². The first-order valence-corrected chi connectivity index (χ1v) is 8.59. The van der Waals surface area contributed by atoms with Crippen LogP contribution in [0.2, 0.25) is 0 Å². The first-order chi connectivity index (χ1) is 9.56. The Labute approximate surface area is 119 Å². The van der Waals surface area contributed by atoms with Gasteiger partial charge in [0.25, 0.3) is 0 Å². The van der Waals surface area contributed by atoms with Gasteiger partial charge < -0.3 is 0 Å². The maximum absolute atomic E-state index is 13.4. The third kappa shape index (κ3) is 2.65. The third-order valence-corrected chi connectivity index (χ3v) is 5.55. The first-order valence-electron chi connectivity index (χ1n) is 7.04. The molecule has 1 saturated heterocycles. The predicted octanol–water partition coefficient (Wildman–Crippen LogP) is 2.83. The summed E-state index contributed by atoms with van der Waals surface area (Å²) in [6, 6.07) is 3.91. The summed E-state index contributed by atoms with van der Waals surface area (Å²) in [6.07, 6.45) is 4.77. The van der Waals surface area contributed by atoms with E-state index < -0.39 is 9.84 Å². The largest absolute Gasteiger partial charge is 0.299 e. The molecule has 0 N–H and O–H groups in total. The molecule has 20 heavy (non-hydrogen) atoms. The number of halogens is 1. The highest BCUT2D eigenvalue weighted by molar-refractivity contribution is 7.95. The standard InChI is InChI=1S/C15H18FNO2S/c16-13-5-6-15-14(9-13)12(11-20(15,18)19)10-17-7-3-1-2-4-8-17/h5-6,9,11H,1-4,7-8,10H2. The van der Waals surface area contributed by atoms with E-state index in [4.69, 9.17) is 0 Å². The van der Waals surface area contributed by atoms with E-state index in [1.165, 1.54) is 36.4 Å². The van der Waals surface area contributed by atoms with Crippen molar-refractivity contribution in [3.63, 3.8) is 0 Å². The highest BCUT2D eigenvalue weighted by Gasteiger charge is 2.28. The van der Waals surface area contributed by atoms with Crippen LogP contribution in [0.1, 0.15) is 31.2 Å². The molecular weight excluding hydrogens is 277 g/mol. The molecule has 2 aliphatic rings. The highest BCUT2D eigenvalue weighted by Crippen LogP contribution is 2.34. The van der Waals surface area contributed by atoms with Crippen LogP contribution >= 0.6 is 0 Å². The van der Waals surface area contributed by atoms with E-state index in [2.05, 4.69) is 4.90 Å². The number of benzene rings is 1. The smallest absolute Gasteiger partial charge is 0.200 e. The van der Waals surface area contributed by atoms with Gasteiger partial charge in [-0.3, -0.25) is 4.90 Å². The molecule has 0 aliphatic carbocycles. The molecule has 1 fully saturated rings. The summed E-state index contributed by atoms with van der Waals surface area (Å²) in [4.78, 5) is 2.51. The number of nitrogens with zero attached hydrogens (tertiary/aromatic N) is 1. The van der Waals surface area contributed by atoms with E-state index in [1.54, 1.807) is 0 Å². The molecular formula is C15H18FNO2S. The molecule has 0 bridgehead atoms. The molecule has 108 valence electrons. The maximum atomic E-state index is 13.4. The van der Waals surface area contributed by atoms with Crippen LogP contribution in [0.15, 0.2) is 28.5 Å². The summed E-state index contributed by atoms with van der Waals surface area (Å²) in [5.41, 5.74) is 1.26. The first kappa shape index (κ1) is 13.8. The molecule has 0 radical (unpaired) electrons. The molecule has 0 saturated carbocycles. The minimum atomic E-state index is -3.39. The van der Waals surface area contributed by atoms with Gasteiger partial charge >= 0.3 is 0 Å². The van der Waals surface area contributed by atoms with Crippen LogP contribution < -0.4 is 0 Å². The van der Waals surface area contributed by atoms with Crippen LogP contribution in [-0.4, -0.2) is 33.0 Å². The average molecular weight is 295 g/mol. The van der Waals surface area contributed by atoms with E-state index in [9.17, 15) is 12.8 Å². The van der Waals surface area contributed by atoms with E-state index in [-0.39, 0.29) is 10.7 Å². The van der Waals surface area contributed by atoms with E-state index >= 15 is 0 Å². The molecule has 1 aromatic rings. The van der Waals surface area contributed by atoms with Crippen LogP contribution in [0.5, 0.6) is 0 Å². The lowest BCUT2D eigenvalue weighted by molar-refractivity contribution is 0.320. The molecule has 0 amide bonds. The number of hydrogen-bond acceptors (Lipinski definition) is 3. The number of fused-ring (bicyclic) bond motifs is 1. The summed E-state index contributed by atoms with van der Waals surface area (Å²) in [5.74, 6) is -0.386. The monoisotopic (exact) mass is 295 g/mol. The van der Waals surface area contributed by atoms with Crippen molar-refractivity contribution in [2.75, 3.05) is 19.6 Å². The molecule has 0 atom stereocenters. The minimum Gasteiger partial charge on any atom is -0.299 e. The van der Waals surface area contributed by atoms with Crippen LogP contribution in [0.4, 0.5) is 4.39 Å². The van der Waals surface area contributed by atoms with Gasteiger partial charge in [0.15, 0.2) is 0 Å². The number of sulfone groups is 1. The Balaban J connectivity index is 1.89. The Morgan fingerprint density at radius 3 is 2.50 bits per heavy atom. The molecule has 3 nitrogen and oxygen atoms in total. The Kier molecular flexibility index (Phi) is 3.65. The van der Waals surface area contributed by atoms with Gasteiger partial charge in [0.05, 0.1) is 4.90 Å². The van der Waals surface area contributed by atoms with Crippen molar-refractivity contribution in [1.82, 2.24) is 4.90 Å². The Bertz CT molecular complexity index is 644. The fourth-order valence-corrected chi connectivity index (χ4v) is 4.43. The second-order valence-electron chi connectivity index (χ2n) is 5.52. The Morgan fingerprint density at radius 2 is 1.80 bits per heavy atom. The zero-order valence-electron chi connectivity index (χ0n) is 11.3. The summed E-state index contributed by atoms with van der Waals surface area (Å²) in [5, 5.41) is 1.31. The van der Waals surface area contributed by atoms with Crippen molar-refractivity contribution in [1.29, 1.82) is 0 Å². The lowest BCUT2D eigenvalue weighted by Gasteiger charge is -2.20. The average Bonchev–Trinajstić information content (AvgIpc) is 2.59. The summed E-state index contributed by atoms with van der Waals surface area (Å²) >= 11 is 0. The van der Waals surface area contributed by atoms with Gasteiger partial charge in [-0.05, 0) is 49.7 Å². The third-order valence-electron chi connectivity index (χ3n) is 3.98. The van der Waals surface area contributed by atoms with Crippen molar-refractivity contribution < 1.29 is 12.8 Å². The fraction of sp³-hybridized carbons (Fsp3) is 0.467. The second-order valence-corrected chi connectivity index (χ2v) is 7.28. The lowest BCUT2D eigenvalue weighted by Crippen LogP contribution is -2.26. The SMILES string of the molecule is O=S1(=O)C=C(CN2CCCCCC2)c2cc(F)ccc21. The molecule has 5 heteroatoms. The second kappa shape index (κ2) is 5.30. The summed E-state index contributed by atoms with van der Waals surface area (Å²) in [7, 11) is -3.39. The van der Waals surface area contributed by atoms with Gasteiger partial charge in [0.1, 0.15) is 5.82 Å². The molecule has 2 heterocycles. The molecule has 2 aliphatic heterocycles. The summed E-state index contributed by atoms with van der Waals surface area (Å²) < 4.78 is 37.5. The van der Waals surface area contributed by atoms with Crippen molar-refractivity contribution in [3.8, 4) is 0 Å². The Hall–Kier alpha value is -1.20. The molecule has 3 rings (SSSR count). The van der Waals surface area contributed by atoms with Crippen molar-refractivity contribution in [2.24, 2.45) is 0 Å². The van der Waals surface area contributed by atoms with Crippen molar-refractivity contribution in [2.45, 2.75) is 30.6 Å². The van der Waals surface area contributed by atoms with Crippen LogP contribution in [0.25, 0.3) is 5.57 Å². The zero-order chi connectivity index (χ0) is 14.2. The van der Waals surface area contributed by atoms with E-state index in [0.29, 0.717) is 12.1 Å². The minimum absolute atomic E-state index is 0.240. The van der Waals surface area contributed by atoms with Crippen LogP contribution in [0.3, 0.4) is 0 Å². The maximum Gasteiger partial charge on any atom is 0.200 e. The number of likely N-dealkylation sites (tertiary alicyclic amines) is 1. The van der Waals surface area contributed by atoms with E-state index in [0.717, 1.165) is 31.5 Å². The van der Waals surface area contributed by atoms with Gasteiger partial charge in [0.2, 0.25) is 9.84 Å². The fourth-order valence-electron chi connectivity index (χ4n) is 2.97. The van der Waals surface area contributed by atoms with Crippen LogP contribution in [-0.2, 0) is 9.84 Å². The lowest BCUT2D eigenvalue weighted by atomic mass is 10.1. The van der Waals surface area contributed by atoms with Gasteiger partial charge in [-0.2, -0.15) is 0 Å². The molecule has 1 aromatic carbocycles. The molecule has 0 unspecified atom stereocenters. The Morgan fingerprint density at radius 1 is 1.10 bits per heavy atom. The van der Waals surface area contributed by atoms with Gasteiger partial charge in [-0.25, -0.2) is 12.8 Å². The van der Waals surface area contributed by atoms with Gasteiger partial charge in [-0.15, -0.1) is 0 Å². The van der Waals surface area contributed by atoms with E-state index in [1.807, 2.05) is 0 Å². The normalized spacial score (nSPS) is 22.1. The molecule has 0 spiro atoms. The highest BCUT2D eigenvalue weighted by atomic mass is 32.2. The topological polar surface area (TPSA) is 37.4 Å². The summed E-state index contributed by atoms with van der Waals surface area (Å²) in [6.45, 7) is 2.57. The number of rotatable bonds is 2.